The van der Waals surface area contributed by atoms with E-state index in [0.717, 1.165) is 0 Å². The van der Waals surface area contributed by atoms with Gasteiger partial charge >= 0.3 is 6.98 Å². The van der Waals surface area contributed by atoms with E-state index in [-0.39, 0.29) is 5.56 Å². The molecule has 1 aromatic rings. The number of halogens is 3. The molecule has 1 unspecified atom stereocenters. The van der Waals surface area contributed by atoms with Crippen molar-refractivity contribution in [3.63, 3.8) is 0 Å². The Labute approximate surface area is 85.8 Å². The van der Waals surface area contributed by atoms with E-state index in [4.69, 9.17) is 5.26 Å². The molecular formula is C9H9BF3N2-. The van der Waals surface area contributed by atoms with Gasteiger partial charge in [0, 0.05) is 12.4 Å². The van der Waals surface area contributed by atoms with Gasteiger partial charge in [-0.05, 0) is 18.6 Å². The quantitative estimate of drug-likeness (QED) is 0.723. The van der Waals surface area contributed by atoms with Crippen molar-refractivity contribution < 1.29 is 12.9 Å². The molecule has 0 spiro atoms. The second kappa shape index (κ2) is 4.34. The topological polar surface area (TPSA) is 36.7 Å². The van der Waals surface area contributed by atoms with Crippen molar-refractivity contribution in [2.45, 2.75) is 19.2 Å². The van der Waals surface area contributed by atoms with E-state index in [2.05, 4.69) is 4.98 Å². The number of aromatic nitrogens is 1. The summed E-state index contributed by atoms with van der Waals surface area (Å²) in [6, 6.07) is 3.38. The van der Waals surface area contributed by atoms with Crippen molar-refractivity contribution in [2.75, 3.05) is 0 Å². The minimum atomic E-state index is -4.89. The third-order valence-electron chi connectivity index (χ3n) is 2.05. The average molecular weight is 213 g/mol. The highest BCUT2D eigenvalue weighted by Crippen LogP contribution is 2.23. The number of hydrogen-bond donors (Lipinski definition) is 0. The summed E-state index contributed by atoms with van der Waals surface area (Å²) in [6.45, 7) is -3.31. The molecule has 0 N–H and O–H groups in total. The predicted octanol–water partition coefficient (Wildman–Crippen LogP) is 2.64. The van der Waals surface area contributed by atoms with E-state index in [0.29, 0.717) is 5.56 Å². The van der Waals surface area contributed by atoms with Crippen molar-refractivity contribution in [3.05, 3.63) is 29.6 Å². The van der Waals surface area contributed by atoms with Crippen molar-refractivity contribution >= 4 is 6.98 Å². The molecule has 0 amide bonds. The number of pyridine rings is 1. The first-order valence-corrected chi connectivity index (χ1v) is 4.47. The molecule has 6 heteroatoms. The van der Waals surface area contributed by atoms with Gasteiger partial charge in [-0.3, -0.25) is 4.98 Å². The van der Waals surface area contributed by atoms with Crippen LogP contribution in [0.4, 0.5) is 12.9 Å². The van der Waals surface area contributed by atoms with Gasteiger partial charge in [-0.15, -0.1) is 0 Å². The lowest BCUT2D eigenvalue weighted by Gasteiger charge is -2.17. The lowest BCUT2D eigenvalue weighted by atomic mass is 9.79. The van der Waals surface area contributed by atoms with Crippen molar-refractivity contribution in [2.24, 2.45) is 0 Å². The van der Waals surface area contributed by atoms with Crippen molar-refractivity contribution in [1.82, 2.24) is 4.98 Å². The zero-order valence-corrected chi connectivity index (χ0v) is 8.12. The Balaban J connectivity index is 3.03. The van der Waals surface area contributed by atoms with E-state index in [1.807, 2.05) is 6.07 Å². The molecule has 80 valence electrons. The maximum Gasteiger partial charge on any atom is 0.482 e. The second-order valence-corrected chi connectivity index (χ2v) is 3.34. The molecule has 0 saturated carbocycles. The molecule has 0 aliphatic heterocycles. The summed E-state index contributed by atoms with van der Waals surface area (Å²) in [5, 5.41) is 8.66. The third kappa shape index (κ3) is 3.28. The Morgan fingerprint density at radius 3 is 2.73 bits per heavy atom. The molecule has 15 heavy (non-hydrogen) atoms. The van der Waals surface area contributed by atoms with Gasteiger partial charge in [-0.2, -0.15) is 5.26 Å². The van der Waals surface area contributed by atoms with Crippen LogP contribution in [0, 0.1) is 11.3 Å². The molecule has 1 heterocycles. The third-order valence-corrected chi connectivity index (χ3v) is 2.05. The van der Waals surface area contributed by atoms with Crippen LogP contribution in [-0.4, -0.2) is 12.0 Å². The van der Waals surface area contributed by atoms with Gasteiger partial charge in [0.2, 0.25) is 0 Å². The van der Waals surface area contributed by atoms with Crippen LogP contribution in [0.1, 0.15) is 24.0 Å². The predicted molar refractivity (Wildman–Crippen MR) is 51.0 cm³/mol. The summed E-state index contributed by atoms with van der Waals surface area (Å²) >= 11 is 0. The molecule has 1 aromatic heterocycles. The molecule has 0 bridgehead atoms. The SMILES string of the molecule is CC(C#N)c1ccncc1C[B-](F)(F)F. The van der Waals surface area contributed by atoms with Crippen LogP contribution in [0.15, 0.2) is 18.5 Å². The van der Waals surface area contributed by atoms with Gasteiger partial charge in [0.1, 0.15) is 0 Å². The lowest BCUT2D eigenvalue weighted by Crippen LogP contribution is -2.20. The lowest BCUT2D eigenvalue weighted by molar-refractivity contribution is 0.468. The molecule has 0 aliphatic rings. The van der Waals surface area contributed by atoms with Crippen LogP contribution in [0.2, 0.25) is 0 Å². The van der Waals surface area contributed by atoms with Crippen LogP contribution in [0.25, 0.3) is 0 Å². The van der Waals surface area contributed by atoms with Gasteiger partial charge in [0.05, 0.1) is 12.0 Å². The van der Waals surface area contributed by atoms with Gasteiger partial charge in [0.25, 0.3) is 0 Å². The first-order chi connectivity index (χ1) is 6.94. The smallest absolute Gasteiger partial charge is 0.449 e. The second-order valence-electron chi connectivity index (χ2n) is 3.34. The molecule has 1 atom stereocenters. The maximum atomic E-state index is 12.2. The highest BCUT2D eigenvalue weighted by atomic mass is 19.4. The number of nitriles is 1. The largest absolute Gasteiger partial charge is 0.482 e. The van der Waals surface area contributed by atoms with E-state index in [9.17, 15) is 12.9 Å². The summed E-state index contributed by atoms with van der Waals surface area (Å²) in [7, 11) is 0. The van der Waals surface area contributed by atoms with Crippen LogP contribution in [0.3, 0.4) is 0 Å². The van der Waals surface area contributed by atoms with Gasteiger partial charge < -0.3 is 12.9 Å². The summed E-state index contributed by atoms with van der Waals surface area (Å²) in [4.78, 5) is 3.65. The fourth-order valence-corrected chi connectivity index (χ4v) is 1.35. The summed E-state index contributed by atoms with van der Waals surface area (Å²) < 4.78 is 36.7. The van der Waals surface area contributed by atoms with Crippen LogP contribution in [-0.2, 0) is 6.32 Å². The Bertz CT molecular complexity index is 384. The first-order valence-electron chi connectivity index (χ1n) is 4.47. The highest BCUT2D eigenvalue weighted by Gasteiger charge is 2.25. The number of hydrogen-bond acceptors (Lipinski definition) is 2. The Morgan fingerprint density at radius 2 is 2.20 bits per heavy atom. The number of rotatable bonds is 3. The minimum absolute atomic E-state index is 0.0963. The van der Waals surface area contributed by atoms with E-state index in [1.165, 1.54) is 18.5 Å². The summed E-state index contributed by atoms with van der Waals surface area (Å²) in [5.74, 6) is -0.541. The maximum absolute atomic E-state index is 12.2. The van der Waals surface area contributed by atoms with E-state index in [1.54, 1.807) is 6.92 Å². The highest BCUT2D eigenvalue weighted by molar-refractivity contribution is 6.57. The molecule has 0 saturated heterocycles. The Hall–Kier alpha value is -1.51. The van der Waals surface area contributed by atoms with Gasteiger partial charge in [0.15, 0.2) is 0 Å². The molecule has 0 radical (unpaired) electrons. The normalized spacial score (nSPS) is 13.3. The first kappa shape index (κ1) is 11.6. The van der Waals surface area contributed by atoms with Crippen molar-refractivity contribution in [1.29, 1.82) is 5.26 Å². The zero-order valence-electron chi connectivity index (χ0n) is 8.12. The molecule has 1 rings (SSSR count). The standard InChI is InChI=1S/C9H9BF3N2/c1-7(5-14)9-2-3-15-6-8(9)4-10(11,12)13/h2-3,6-7H,4H2,1H3/q-1. The van der Waals surface area contributed by atoms with Gasteiger partial charge in [-0.25, -0.2) is 0 Å². The molecule has 2 nitrogen and oxygen atoms in total. The summed E-state index contributed by atoms with van der Waals surface area (Å²) in [6.07, 6.45) is 1.60. The van der Waals surface area contributed by atoms with Crippen LogP contribution < -0.4 is 0 Å². The summed E-state index contributed by atoms with van der Waals surface area (Å²) in [5.41, 5.74) is 0.505. The average Bonchev–Trinajstić information content (AvgIpc) is 2.15. The van der Waals surface area contributed by atoms with Gasteiger partial charge in [-0.1, -0.05) is 11.9 Å². The molecular weight excluding hydrogens is 204 g/mol. The molecule has 0 aromatic carbocycles. The Morgan fingerprint density at radius 1 is 1.53 bits per heavy atom. The fourth-order valence-electron chi connectivity index (χ4n) is 1.35. The van der Waals surface area contributed by atoms with Crippen LogP contribution in [0.5, 0.6) is 0 Å². The van der Waals surface area contributed by atoms with Crippen LogP contribution >= 0.6 is 0 Å². The molecule has 0 aliphatic carbocycles. The molecule has 0 fully saturated rings. The fraction of sp³-hybridized carbons (Fsp3) is 0.333. The Kier molecular flexibility index (Phi) is 3.35. The van der Waals surface area contributed by atoms with E-state index >= 15 is 0 Å². The zero-order chi connectivity index (χ0) is 11.5. The number of nitrogens with zero attached hydrogens (tertiary/aromatic N) is 2. The minimum Gasteiger partial charge on any atom is -0.449 e. The van der Waals surface area contributed by atoms with Crippen molar-refractivity contribution in [3.8, 4) is 6.07 Å². The van der Waals surface area contributed by atoms with E-state index < -0.39 is 19.2 Å². The monoisotopic (exact) mass is 213 g/mol.